The first-order chi connectivity index (χ1) is 20.1. The molecule has 13 heteroatoms. The molecule has 0 bridgehead atoms. The van der Waals surface area contributed by atoms with Crippen molar-refractivity contribution in [3.63, 3.8) is 0 Å². The average molecular weight is 581 g/mol. The Labute approximate surface area is 239 Å². The fourth-order valence-electron chi connectivity index (χ4n) is 4.99. The summed E-state index contributed by atoms with van der Waals surface area (Å²) in [7, 11) is 0. The number of rotatable bonds is 7. The summed E-state index contributed by atoms with van der Waals surface area (Å²) in [4.78, 5) is 60.2. The molecule has 0 radical (unpaired) electrons. The van der Waals surface area contributed by atoms with E-state index in [4.69, 9.17) is 14.9 Å². The fraction of sp³-hybridized carbons (Fsp3) is 0.310. The standard InChI is InChI=1S/C25H25FN4O4.C4H4O4/c1-2-34-25(33)30-21-15-17(26)7-8-20(21)22(27-30)16-9-11-28(12-10-16)13-14-29-23(31)18-5-3-4-6-19(18)24(29)32;5-3(6)1-2-4(7)8/h3-8,15-16H,2,9-14H2,1H3;1-2H,(H,5,6)(H,7,8)/b;2-1-. The zero-order valence-electron chi connectivity index (χ0n) is 22.7. The van der Waals surface area contributed by atoms with Crippen molar-refractivity contribution in [3.8, 4) is 0 Å². The number of hydrogen-bond donors (Lipinski definition) is 2. The zero-order valence-corrected chi connectivity index (χ0v) is 22.7. The maximum absolute atomic E-state index is 13.9. The molecule has 5 rings (SSSR count). The largest absolute Gasteiger partial charge is 0.478 e. The van der Waals surface area contributed by atoms with Gasteiger partial charge in [0.2, 0.25) is 0 Å². The molecular weight excluding hydrogens is 551 g/mol. The van der Waals surface area contributed by atoms with E-state index in [2.05, 4.69) is 10.00 Å². The average Bonchev–Trinajstić information content (AvgIpc) is 3.46. The van der Waals surface area contributed by atoms with Gasteiger partial charge >= 0.3 is 18.0 Å². The maximum Gasteiger partial charge on any atom is 0.435 e. The molecule has 3 aromatic rings. The summed E-state index contributed by atoms with van der Waals surface area (Å²) in [6.45, 7) is 4.39. The molecule has 1 saturated heterocycles. The lowest BCUT2D eigenvalue weighted by atomic mass is 9.91. The molecule has 0 spiro atoms. The minimum absolute atomic E-state index is 0.110. The van der Waals surface area contributed by atoms with Crippen LogP contribution in [-0.2, 0) is 14.3 Å². The van der Waals surface area contributed by atoms with Crippen LogP contribution in [0.2, 0.25) is 0 Å². The van der Waals surface area contributed by atoms with Gasteiger partial charge in [-0.15, -0.1) is 0 Å². The highest BCUT2D eigenvalue weighted by Crippen LogP contribution is 2.33. The Morgan fingerprint density at radius 3 is 2.12 bits per heavy atom. The number of hydrogen-bond acceptors (Lipinski definition) is 8. The Morgan fingerprint density at radius 2 is 1.57 bits per heavy atom. The first-order valence-electron chi connectivity index (χ1n) is 13.3. The van der Waals surface area contributed by atoms with E-state index < -0.39 is 23.8 Å². The number of benzene rings is 2. The predicted molar refractivity (Wildman–Crippen MR) is 147 cm³/mol. The zero-order chi connectivity index (χ0) is 30.4. The Morgan fingerprint density at radius 1 is 0.976 bits per heavy atom. The van der Waals surface area contributed by atoms with Gasteiger partial charge in [-0.05, 0) is 57.1 Å². The second-order valence-electron chi connectivity index (χ2n) is 9.59. The predicted octanol–water partition coefficient (Wildman–Crippen LogP) is 3.37. The molecule has 1 aromatic heterocycles. The third-order valence-electron chi connectivity index (χ3n) is 6.97. The minimum Gasteiger partial charge on any atom is -0.478 e. The first-order valence-corrected chi connectivity index (χ1v) is 13.3. The first kappa shape index (κ1) is 30.1. The van der Waals surface area contributed by atoms with Crippen molar-refractivity contribution in [1.82, 2.24) is 19.6 Å². The van der Waals surface area contributed by atoms with Gasteiger partial charge in [-0.25, -0.2) is 18.8 Å². The van der Waals surface area contributed by atoms with Gasteiger partial charge in [0.25, 0.3) is 11.8 Å². The number of carboxylic acid groups (broad SMARTS) is 2. The highest BCUT2D eigenvalue weighted by Gasteiger charge is 2.35. The number of piperidine rings is 1. The highest BCUT2D eigenvalue weighted by molar-refractivity contribution is 6.21. The number of likely N-dealkylation sites (tertiary alicyclic amines) is 1. The molecule has 2 amide bonds. The Hall–Kier alpha value is -4.91. The van der Waals surface area contributed by atoms with E-state index in [-0.39, 0.29) is 24.3 Å². The maximum atomic E-state index is 13.9. The van der Waals surface area contributed by atoms with Crippen molar-refractivity contribution in [2.45, 2.75) is 25.7 Å². The summed E-state index contributed by atoms with van der Waals surface area (Å²) in [5.41, 5.74) is 2.10. The van der Waals surface area contributed by atoms with Crippen LogP contribution >= 0.6 is 0 Å². The smallest absolute Gasteiger partial charge is 0.435 e. The lowest BCUT2D eigenvalue weighted by molar-refractivity contribution is -0.134. The monoisotopic (exact) mass is 580 g/mol. The van der Waals surface area contributed by atoms with E-state index in [1.165, 1.54) is 17.0 Å². The summed E-state index contributed by atoms with van der Waals surface area (Å²) in [5, 5.41) is 20.9. The van der Waals surface area contributed by atoms with E-state index in [1.807, 2.05) is 0 Å². The van der Waals surface area contributed by atoms with E-state index in [9.17, 15) is 28.4 Å². The van der Waals surface area contributed by atoms with Crippen molar-refractivity contribution in [1.29, 1.82) is 0 Å². The number of carbonyl (C=O) groups excluding carboxylic acids is 3. The van der Waals surface area contributed by atoms with Crippen LogP contribution in [0.4, 0.5) is 9.18 Å². The molecule has 2 N–H and O–H groups in total. The normalized spacial score (nSPS) is 15.5. The minimum atomic E-state index is -1.26. The number of aliphatic carboxylic acids is 2. The number of nitrogens with zero attached hydrogens (tertiary/aromatic N) is 4. The molecule has 0 saturated carbocycles. The number of aromatic nitrogens is 2. The van der Waals surface area contributed by atoms with Gasteiger partial charge < -0.3 is 19.8 Å². The summed E-state index contributed by atoms with van der Waals surface area (Å²) in [5.74, 6) is -3.32. The van der Waals surface area contributed by atoms with Crippen molar-refractivity contribution >= 4 is 40.7 Å². The van der Waals surface area contributed by atoms with Gasteiger partial charge in [-0.1, -0.05) is 12.1 Å². The van der Waals surface area contributed by atoms with Gasteiger partial charge in [0, 0.05) is 42.6 Å². The van der Waals surface area contributed by atoms with Crippen LogP contribution in [0.1, 0.15) is 52.1 Å². The third kappa shape index (κ3) is 6.69. The third-order valence-corrected chi connectivity index (χ3v) is 6.97. The molecule has 0 atom stereocenters. The van der Waals surface area contributed by atoms with E-state index >= 15 is 0 Å². The summed E-state index contributed by atoms with van der Waals surface area (Å²) in [6.07, 6.45) is 2.09. The Kier molecular flexibility index (Phi) is 9.42. The van der Waals surface area contributed by atoms with Crippen molar-refractivity contribution < 1.29 is 43.3 Å². The fourth-order valence-corrected chi connectivity index (χ4v) is 4.99. The van der Waals surface area contributed by atoms with Crippen LogP contribution in [0, 0.1) is 5.82 Å². The molecule has 0 aliphatic carbocycles. The molecule has 220 valence electrons. The number of imide groups is 1. The van der Waals surface area contributed by atoms with E-state index in [1.54, 1.807) is 37.3 Å². The molecule has 3 heterocycles. The van der Waals surface area contributed by atoms with E-state index in [0.29, 0.717) is 41.9 Å². The molecule has 0 unspecified atom stereocenters. The quantitative estimate of drug-likeness (QED) is 0.313. The lowest BCUT2D eigenvalue weighted by Gasteiger charge is -2.32. The Bertz CT molecular complexity index is 1510. The summed E-state index contributed by atoms with van der Waals surface area (Å²) >= 11 is 0. The molecule has 1 fully saturated rings. The second-order valence-corrected chi connectivity index (χ2v) is 9.59. The molecule has 42 heavy (non-hydrogen) atoms. The van der Waals surface area contributed by atoms with Crippen molar-refractivity contribution in [2.24, 2.45) is 0 Å². The number of halogens is 1. The van der Waals surface area contributed by atoms with Crippen LogP contribution in [0.25, 0.3) is 10.9 Å². The number of ether oxygens (including phenoxy) is 1. The molecule has 2 aromatic carbocycles. The van der Waals surface area contributed by atoms with Crippen molar-refractivity contribution in [2.75, 3.05) is 32.8 Å². The second kappa shape index (κ2) is 13.2. The lowest BCUT2D eigenvalue weighted by Crippen LogP contribution is -2.41. The molecular formula is C29H29FN4O8. The van der Waals surface area contributed by atoms with E-state index in [0.717, 1.165) is 41.7 Å². The van der Waals surface area contributed by atoms with Gasteiger partial charge in [0.15, 0.2) is 0 Å². The SMILES string of the molecule is CCOC(=O)n1nc(C2CCN(CCN3C(=O)c4ccccc4C3=O)CC2)c2ccc(F)cc21.O=C(O)/C=C\C(=O)O. The number of amides is 2. The van der Waals surface area contributed by atoms with Crippen molar-refractivity contribution in [3.05, 3.63) is 77.3 Å². The number of carboxylic acids is 2. The van der Waals surface area contributed by atoms with Crippen LogP contribution < -0.4 is 0 Å². The van der Waals surface area contributed by atoms with Gasteiger partial charge in [0.05, 0.1) is 28.9 Å². The van der Waals surface area contributed by atoms with Crippen LogP contribution in [0.5, 0.6) is 0 Å². The van der Waals surface area contributed by atoms with Gasteiger partial charge in [-0.3, -0.25) is 14.5 Å². The van der Waals surface area contributed by atoms with Crippen LogP contribution in [0.15, 0.2) is 54.6 Å². The van der Waals surface area contributed by atoms with Gasteiger partial charge in [-0.2, -0.15) is 9.78 Å². The van der Waals surface area contributed by atoms with Gasteiger partial charge in [0.1, 0.15) is 5.82 Å². The van der Waals surface area contributed by atoms with Crippen LogP contribution in [0.3, 0.4) is 0 Å². The molecule has 2 aliphatic heterocycles. The topological polar surface area (TPSA) is 159 Å². The number of fused-ring (bicyclic) bond motifs is 2. The van der Waals surface area contributed by atoms with Crippen LogP contribution in [-0.4, -0.2) is 92.4 Å². The molecule has 12 nitrogen and oxygen atoms in total. The highest BCUT2D eigenvalue weighted by atomic mass is 19.1. The molecule has 2 aliphatic rings. The Balaban J connectivity index is 0.000000446. The summed E-state index contributed by atoms with van der Waals surface area (Å²) in [6, 6.07) is 11.2. The summed E-state index contributed by atoms with van der Waals surface area (Å²) < 4.78 is 20.1. The number of carbonyl (C=O) groups is 5.